The van der Waals surface area contributed by atoms with Crippen molar-refractivity contribution in [3.63, 3.8) is 0 Å². The van der Waals surface area contributed by atoms with Crippen LogP contribution in [0.2, 0.25) is 0 Å². The molecule has 0 aromatic heterocycles. The maximum Gasteiger partial charge on any atom is 0.309 e. The molecule has 0 saturated heterocycles. The first-order valence-electron chi connectivity index (χ1n) is 22.7. The van der Waals surface area contributed by atoms with E-state index in [0.717, 1.165) is 116 Å². The summed E-state index contributed by atoms with van der Waals surface area (Å²) < 4.78 is 16.5. The number of carbonyl (C=O) groups is 3. The first-order chi connectivity index (χ1) is 29.0. The molecule has 328 valence electrons. The molecule has 6 nitrogen and oxygen atoms in total. The van der Waals surface area contributed by atoms with Gasteiger partial charge in [-0.2, -0.15) is 0 Å². The van der Waals surface area contributed by atoms with Gasteiger partial charge in [-0.25, -0.2) is 0 Å². The van der Waals surface area contributed by atoms with Crippen molar-refractivity contribution in [1.29, 1.82) is 0 Å². The summed E-state index contributed by atoms with van der Waals surface area (Å²) >= 11 is 0. The number of unbranched alkanes of at least 4 members (excludes halogenated alkanes) is 6. The molecule has 0 rings (SSSR count). The van der Waals surface area contributed by atoms with Gasteiger partial charge in [0.25, 0.3) is 0 Å². The number of allylic oxidation sites excluding steroid dienone is 21. The molecule has 0 saturated carbocycles. The Balaban J connectivity index is 4.64. The average molecular weight is 813 g/mol. The van der Waals surface area contributed by atoms with Crippen LogP contribution in [0.4, 0.5) is 0 Å². The standard InChI is InChI=1S/C53H80O6/c1-4-7-10-13-16-19-22-25-26-29-31-34-37-40-43-46-52(55)58-49-50(59-53(56)47-44-41-38-35-32-28-24-21-18-15-12-9-6-3)48-57-51(54)45-42-39-36-33-30-27-23-20-17-14-11-8-5-2/h7-12,16-21,25-28,30-32,34,40,43,50H,4-6,13-15,22-24,29,33,35-39,41-42,44-49H2,1-3H3/b10-7-,11-8-,12-9-,19-16-,20-17-,21-18-,26-25-,30-27-,32-28-,34-31-,43-40-. The molecular formula is C53H80O6. The van der Waals surface area contributed by atoms with Crippen LogP contribution in [0.5, 0.6) is 0 Å². The lowest BCUT2D eigenvalue weighted by Gasteiger charge is -2.18. The molecule has 0 bridgehead atoms. The van der Waals surface area contributed by atoms with Crippen molar-refractivity contribution in [1.82, 2.24) is 0 Å². The molecule has 0 N–H and O–H groups in total. The second-order valence-electron chi connectivity index (χ2n) is 14.2. The van der Waals surface area contributed by atoms with Crippen LogP contribution in [0.1, 0.15) is 162 Å². The predicted molar refractivity (Wildman–Crippen MR) is 251 cm³/mol. The highest BCUT2D eigenvalue weighted by atomic mass is 16.6. The van der Waals surface area contributed by atoms with Gasteiger partial charge >= 0.3 is 17.9 Å². The Hall–Kier alpha value is -4.45. The summed E-state index contributed by atoms with van der Waals surface area (Å²) in [7, 11) is 0. The van der Waals surface area contributed by atoms with Gasteiger partial charge in [-0.15, -0.1) is 0 Å². The summed E-state index contributed by atoms with van der Waals surface area (Å²) in [5.74, 6) is -1.15. The van der Waals surface area contributed by atoms with E-state index in [4.69, 9.17) is 14.2 Å². The number of esters is 3. The maximum absolute atomic E-state index is 12.7. The van der Waals surface area contributed by atoms with E-state index in [1.165, 1.54) is 0 Å². The highest BCUT2D eigenvalue weighted by Gasteiger charge is 2.19. The van der Waals surface area contributed by atoms with Crippen LogP contribution in [-0.4, -0.2) is 37.2 Å². The molecule has 1 unspecified atom stereocenters. The molecule has 59 heavy (non-hydrogen) atoms. The van der Waals surface area contributed by atoms with Crippen LogP contribution in [0.15, 0.2) is 134 Å². The minimum Gasteiger partial charge on any atom is -0.462 e. The Morgan fingerprint density at radius 3 is 1.07 bits per heavy atom. The summed E-state index contributed by atoms with van der Waals surface area (Å²) in [5.41, 5.74) is 0. The topological polar surface area (TPSA) is 78.9 Å². The van der Waals surface area contributed by atoms with Gasteiger partial charge in [-0.3, -0.25) is 14.4 Å². The minimum atomic E-state index is -0.848. The van der Waals surface area contributed by atoms with E-state index in [0.29, 0.717) is 12.8 Å². The zero-order chi connectivity index (χ0) is 43.0. The fourth-order valence-electron chi connectivity index (χ4n) is 5.36. The molecule has 0 amide bonds. The second kappa shape index (κ2) is 46.2. The Morgan fingerprint density at radius 1 is 0.356 bits per heavy atom. The van der Waals surface area contributed by atoms with E-state index in [9.17, 15) is 14.4 Å². The van der Waals surface area contributed by atoms with Gasteiger partial charge in [0.2, 0.25) is 0 Å². The van der Waals surface area contributed by atoms with Crippen molar-refractivity contribution in [2.75, 3.05) is 13.2 Å². The van der Waals surface area contributed by atoms with Gasteiger partial charge < -0.3 is 14.2 Å². The van der Waals surface area contributed by atoms with Crippen molar-refractivity contribution in [2.45, 2.75) is 168 Å². The zero-order valence-electron chi connectivity index (χ0n) is 37.2. The highest BCUT2D eigenvalue weighted by molar-refractivity contribution is 5.72. The molecule has 6 heteroatoms. The van der Waals surface area contributed by atoms with E-state index in [-0.39, 0.29) is 38.0 Å². The first-order valence-corrected chi connectivity index (χ1v) is 22.7. The van der Waals surface area contributed by atoms with Crippen LogP contribution in [0, 0.1) is 0 Å². The summed E-state index contributed by atoms with van der Waals surface area (Å²) in [6.07, 6.45) is 64.6. The summed E-state index contributed by atoms with van der Waals surface area (Å²) in [5, 5.41) is 0. The fourth-order valence-corrected chi connectivity index (χ4v) is 5.36. The number of ether oxygens (including phenoxy) is 3. The first kappa shape index (κ1) is 54.6. The van der Waals surface area contributed by atoms with Gasteiger partial charge in [0.1, 0.15) is 13.2 Å². The largest absolute Gasteiger partial charge is 0.462 e. The van der Waals surface area contributed by atoms with Crippen molar-refractivity contribution in [2.24, 2.45) is 0 Å². The van der Waals surface area contributed by atoms with E-state index < -0.39 is 12.1 Å². The lowest BCUT2D eigenvalue weighted by molar-refractivity contribution is -0.166. The van der Waals surface area contributed by atoms with Crippen molar-refractivity contribution in [3.05, 3.63) is 134 Å². The maximum atomic E-state index is 12.7. The molecule has 0 aliphatic heterocycles. The Labute approximate surface area is 360 Å². The van der Waals surface area contributed by atoms with Gasteiger partial charge in [0.15, 0.2) is 6.10 Å². The Bertz CT molecular complexity index is 1350. The number of hydrogen-bond donors (Lipinski definition) is 0. The van der Waals surface area contributed by atoms with Gasteiger partial charge in [-0.05, 0) is 109 Å². The highest BCUT2D eigenvalue weighted by Crippen LogP contribution is 2.10. The van der Waals surface area contributed by atoms with Crippen LogP contribution in [0.3, 0.4) is 0 Å². The van der Waals surface area contributed by atoms with Crippen molar-refractivity contribution in [3.8, 4) is 0 Å². The van der Waals surface area contributed by atoms with E-state index in [1.54, 1.807) is 6.08 Å². The molecule has 0 spiro atoms. The summed E-state index contributed by atoms with van der Waals surface area (Å²) in [6, 6.07) is 0. The third-order valence-corrected chi connectivity index (χ3v) is 8.66. The molecule has 0 aromatic rings. The van der Waals surface area contributed by atoms with E-state index >= 15 is 0 Å². The summed E-state index contributed by atoms with van der Waals surface area (Å²) in [4.78, 5) is 37.7. The van der Waals surface area contributed by atoms with Crippen molar-refractivity contribution >= 4 is 17.9 Å². The lowest BCUT2D eigenvalue weighted by atomic mass is 10.1. The molecule has 0 fully saturated rings. The van der Waals surface area contributed by atoms with Gasteiger partial charge in [0.05, 0.1) is 6.42 Å². The van der Waals surface area contributed by atoms with Crippen LogP contribution >= 0.6 is 0 Å². The van der Waals surface area contributed by atoms with Crippen LogP contribution in [-0.2, 0) is 28.6 Å². The van der Waals surface area contributed by atoms with Crippen LogP contribution < -0.4 is 0 Å². The zero-order valence-corrected chi connectivity index (χ0v) is 37.2. The molecule has 0 radical (unpaired) electrons. The monoisotopic (exact) mass is 813 g/mol. The van der Waals surface area contributed by atoms with Crippen LogP contribution in [0.25, 0.3) is 0 Å². The lowest BCUT2D eigenvalue weighted by Crippen LogP contribution is -2.30. The normalized spacial score (nSPS) is 13.3. The molecular weight excluding hydrogens is 733 g/mol. The minimum absolute atomic E-state index is 0.109. The molecule has 1 atom stereocenters. The van der Waals surface area contributed by atoms with E-state index in [2.05, 4.69) is 142 Å². The predicted octanol–water partition coefficient (Wildman–Crippen LogP) is 14.7. The van der Waals surface area contributed by atoms with Gasteiger partial charge in [0, 0.05) is 12.8 Å². The number of rotatable bonds is 38. The van der Waals surface area contributed by atoms with Gasteiger partial charge in [-0.1, -0.05) is 167 Å². The second-order valence-corrected chi connectivity index (χ2v) is 14.2. The SMILES string of the molecule is CC/C=C\C/C=C\C/C=C\C/C=C\C/C=C\CC(=O)OCC(COC(=O)CCCCC/C=C\C/C=C\C/C=C\CC)OC(=O)CCCCC/C=C\C/C=C\C/C=C\CC. The smallest absolute Gasteiger partial charge is 0.309 e. The Kier molecular flexibility index (Phi) is 42.8. The number of hydrogen-bond acceptors (Lipinski definition) is 6. The third kappa shape index (κ3) is 44.5. The van der Waals surface area contributed by atoms with E-state index in [1.807, 2.05) is 6.08 Å². The molecule has 0 aromatic carbocycles. The number of carbonyl (C=O) groups excluding carboxylic acids is 3. The fraction of sp³-hybridized carbons (Fsp3) is 0.528. The van der Waals surface area contributed by atoms with Crippen molar-refractivity contribution < 1.29 is 28.6 Å². The third-order valence-electron chi connectivity index (χ3n) is 8.66. The quantitative estimate of drug-likeness (QED) is 0.0267. The molecule has 0 aliphatic carbocycles. The molecule has 0 aliphatic rings. The summed E-state index contributed by atoms with van der Waals surface area (Å²) in [6.45, 7) is 6.11. The average Bonchev–Trinajstić information content (AvgIpc) is 3.23. The molecule has 0 heterocycles. The Morgan fingerprint density at radius 2 is 0.678 bits per heavy atom.